The van der Waals surface area contributed by atoms with Crippen LogP contribution in [-0.2, 0) is 0 Å². The lowest BCUT2D eigenvalue weighted by Gasteiger charge is -2.06. The zero-order chi connectivity index (χ0) is 13.2. The van der Waals surface area contributed by atoms with Gasteiger partial charge in [-0.3, -0.25) is 9.78 Å². The van der Waals surface area contributed by atoms with E-state index in [1.165, 1.54) is 0 Å². The van der Waals surface area contributed by atoms with Crippen molar-refractivity contribution in [2.45, 2.75) is 0 Å². The minimum atomic E-state index is -0.490. The van der Waals surface area contributed by atoms with Crippen molar-refractivity contribution < 1.29 is 4.79 Å². The van der Waals surface area contributed by atoms with Crippen LogP contribution in [0.15, 0.2) is 54.7 Å². The van der Waals surface area contributed by atoms with Crippen molar-refractivity contribution in [1.82, 2.24) is 9.97 Å². The lowest BCUT2D eigenvalue weighted by atomic mass is 10.1. The van der Waals surface area contributed by atoms with E-state index in [1.807, 2.05) is 42.5 Å². The molecular formula is C15H9ClN2O. The average molecular weight is 269 g/mol. The van der Waals surface area contributed by atoms with Crippen LogP contribution in [0.1, 0.15) is 10.4 Å². The summed E-state index contributed by atoms with van der Waals surface area (Å²) in [4.78, 5) is 20.3. The second-order valence-corrected chi connectivity index (χ2v) is 4.40. The summed E-state index contributed by atoms with van der Waals surface area (Å²) >= 11 is 5.65. The molecule has 0 spiro atoms. The lowest BCUT2D eigenvalue weighted by Crippen LogP contribution is -1.96. The number of rotatable bonds is 2. The van der Waals surface area contributed by atoms with Gasteiger partial charge in [0.1, 0.15) is 0 Å². The predicted octanol–water partition coefficient (Wildman–Crippen LogP) is 3.68. The van der Waals surface area contributed by atoms with E-state index < -0.39 is 5.24 Å². The molecule has 92 valence electrons. The Kier molecular flexibility index (Phi) is 2.97. The summed E-state index contributed by atoms with van der Waals surface area (Å²) in [5, 5.41) is 0.262. The zero-order valence-corrected chi connectivity index (χ0v) is 10.6. The first-order valence-corrected chi connectivity index (χ1v) is 6.14. The number of pyridine rings is 2. The Labute approximate surface area is 114 Å². The molecule has 0 bridgehead atoms. The highest BCUT2D eigenvalue weighted by Gasteiger charge is 2.12. The van der Waals surface area contributed by atoms with E-state index in [0.717, 1.165) is 10.9 Å². The van der Waals surface area contributed by atoms with E-state index in [9.17, 15) is 4.79 Å². The van der Waals surface area contributed by atoms with Gasteiger partial charge in [-0.1, -0.05) is 24.3 Å². The van der Waals surface area contributed by atoms with Crippen LogP contribution in [0, 0.1) is 0 Å². The number of nitrogens with zero attached hydrogens (tertiary/aromatic N) is 2. The Balaban J connectivity index is 2.31. The molecule has 1 aromatic carbocycles. The molecule has 2 aromatic heterocycles. The minimum absolute atomic E-state index is 0.452. The van der Waals surface area contributed by atoms with Crippen LogP contribution in [-0.4, -0.2) is 15.2 Å². The molecule has 0 amide bonds. The Hall–Kier alpha value is -2.26. The molecule has 0 N–H and O–H groups in total. The smallest absolute Gasteiger partial charge is 0.253 e. The fourth-order valence-electron chi connectivity index (χ4n) is 1.98. The van der Waals surface area contributed by atoms with E-state index in [-0.39, 0.29) is 0 Å². The quantitative estimate of drug-likeness (QED) is 0.666. The molecule has 3 nitrogen and oxygen atoms in total. The number of halogens is 1. The lowest BCUT2D eigenvalue weighted by molar-refractivity contribution is 0.108. The van der Waals surface area contributed by atoms with Crippen LogP contribution < -0.4 is 0 Å². The third-order valence-corrected chi connectivity index (χ3v) is 3.06. The Morgan fingerprint density at radius 3 is 2.53 bits per heavy atom. The average Bonchev–Trinajstić information content (AvgIpc) is 2.47. The van der Waals surface area contributed by atoms with Gasteiger partial charge in [-0.15, -0.1) is 0 Å². The molecule has 3 aromatic rings. The second kappa shape index (κ2) is 4.78. The molecule has 0 saturated carbocycles. The zero-order valence-electron chi connectivity index (χ0n) is 9.88. The molecule has 3 rings (SSSR count). The van der Waals surface area contributed by atoms with E-state index in [4.69, 9.17) is 11.6 Å². The number of benzene rings is 1. The standard InChI is InChI=1S/C15H9ClN2O/c16-15(19)11-9-14(13-7-3-4-8-17-13)18-12-6-2-1-5-10(11)12/h1-9H. The molecule has 19 heavy (non-hydrogen) atoms. The maximum atomic E-state index is 11.6. The Bertz CT molecular complexity index is 756. The fourth-order valence-corrected chi connectivity index (χ4v) is 2.14. The summed E-state index contributed by atoms with van der Waals surface area (Å²) in [7, 11) is 0. The van der Waals surface area contributed by atoms with Crippen LogP contribution in [0.3, 0.4) is 0 Å². The molecule has 0 aliphatic carbocycles. The third kappa shape index (κ3) is 2.20. The first-order chi connectivity index (χ1) is 9.25. The van der Waals surface area contributed by atoms with Crippen molar-refractivity contribution in [1.29, 1.82) is 0 Å². The SMILES string of the molecule is O=C(Cl)c1cc(-c2ccccn2)nc2ccccc12. The van der Waals surface area contributed by atoms with Gasteiger partial charge in [-0.05, 0) is 35.9 Å². The number of para-hydroxylation sites is 1. The van der Waals surface area contributed by atoms with Crippen LogP contribution in [0.25, 0.3) is 22.3 Å². The number of fused-ring (bicyclic) bond motifs is 1. The van der Waals surface area contributed by atoms with Gasteiger partial charge >= 0.3 is 0 Å². The van der Waals surface area contributed by atoms with Crippen molar-refractivity contribution in [3.8, 4) is 11.4 Å². The number of hydrogen-bond acceptors (Lipinski definition) is 3. The topological polar surface area (TPSA) is 42.9 Å². The van der Waals surface area contributed by atoms with E-state index in [1.54, 1.807) is 12.3 Å². The molecule has 4 heteroatoms. The highest BCUT2D eigenvalue weighted by molar-refractivity contribution is 6.68. The van der Waals surface area contributed by atoms with Crippen molar-refractivity contribution in [2.75, 3.05) is 0 Å². The molecule has 0 aliphatic rings. The van der Waals surface area contributed by atoms with Gasteiger partial charge in [0, 0.05) is 17.1 Å². The molecular weight excluding hydrogens is 260 g/mol. The summed E-state index contributed by atoms with van der Waals surface area (Å²) < 4.78 is 0. The maximum absolute atomic E-state index is 11.6. The van der Waals surface area contributed by atoms with E-state index >= 15 is 0 Å². The van der Waals surface area contributed by atoms with Gasteiger partial charge in [0.2, 0.25) is 0 Å². The van der Waals surface area contributed by atoms with Gasteiger partial charge in [-0.2, -0.15) is 0 Å². The van der Waals surface area contributed by atoms with Crippen LogP contribution in [0.5, 0.6) is 0 Å². The summed E-state index contributed by atoms with van der Waals surface area (Å²) in [6.07, 6.45) is 1.69. The number of carbonyl (C=O) groups is 1. The summed E-state index contributed by atoms with van der Waals surface area (Å²) in [5.74, 6) is 0. The van der Waals surface area contributed by atoms with Gasteiger partial charge in [0.15, 0.2) is 0 Å². The van der Waals surface area contributed by atoms with Gasteiger partial charge in [0.25, 0.3) is 5.24 Å². The molecule has 2 heterocycles. The highest BCUT2D eigenvalue weighted by Crippen LogP contribution is 2.24. The molecule has 0 atom stereocenters. The predicted molar refractivity (Wildman–Crippen MR) is 75.2 cm³/mol. The normalized spacial score (nSPS) is 10.6. The molecule has 0 radical (unpaired) electrons. The molecule has 0 aliphatic heterocycles. The first-order valence-electron chi connectivity index (χ1n) is 5.77. The second-order valence-electron chi connectivity index (χ2n) is 4.06. The summed E-state index contributed by atoms with van der Waals surface area (Å²) in [5.41, 5.74) is 2.54. The van der Waals surface area contributed by atoms with Crippen molar-refractivity contribution in [2.24, 2.45) is 0 Å². The van der Waals surface area contributed by atoms with Gasteiger partial charge < -0.3 is 0 Å². The van der Waals surface area contributed by atoms with E-state index in [0.29, 0.717) is 17.0 Å². The number of aromatic nitrogens is 2. The number of carbonyl (C=O) groups excluding carboxylic acids is 1. The van der Waals surface area contributed by atoms with Gasteiger partial charge in [0.05, 0.1) is 16.9 Å². The summed E-state index contributed by atoms with van der Waals surface area (Å²) in [6, 6.07) is 14.7. The molecule has 0 unspecified atom stereocenters. The van der Waals surface area contributed by atoms with Crippen molar-refractivity contribution in [3.05, 3.63) is 60.3 Å². The minimum Gasteiger partial charge on any atom is -0.276 e. The summed E-state index contributed by atoms with van der Waals surface area (Å²) in [6.45, 7) is 0. The first kappa shape index (κ1) is 11.8. The largest absolute Gasteiger partial charge is 0.276 e. The van der Waals surface area contributed by atoms with E-state index in [2.05, 4.69) is 9.97 Å². The fraction of sp³-hybridized carbons (Fsp3) is 0. The highest BCUT2D eigenvalue weighted by atomic mass is 35.5. The monoisotopic (exact) mass is 268 g/mol. The Morgan fingerprint density at radius 2 is 1.79 bits per heavy atom. The molecule has 0 saturated heterocycles. The maximum Gasteiger partial charge on any atom is 0.253 e. The van der Waals surface area contributed by atoms with Crippen LogP contribution in [0.2, 0.25) is 0 Å². The van der Waals surface area contributed by atoms with Crippen LogP contribution in [0.4, 0.5) is 0 Å². The Morgan fingerprint density at radius 1 is 1.00 bits per heavy atom. The number of hydrogen-bond donors (Lipinski definition) is 0. The third-order valence-electron chi connectivity index (χ3n) is 2.86. The van der Waals surface area contributed by atoms with Crippen molar-refractivity contribution in [3.63, 3.8) is 0 Å². The van der Waals surface area contributed by atoms with Crippen LogP contribution >= 0.6 is 11.6 Å². The van der Waals surface area contributed by atoms with Gasteiger partial charge in [-0.25, -0.2) is 4.98 Å². The molecule has 0 fully saturated rings. The van der Waals surface area contributed by atoms with Crippen molar-refractivity contribution >= 4 is 27.7 Å².